The van der Waals surface area contributed by atoms with Crippen molar-refractivity contribution in [3.05, 3.63) is 17.8 Å². The van der Waals surface area contributed by atoms with Crippen molar-refractivity contribution < 1.29 is 56.8 Å². The fourth-order valence-electron chi connectivity index (χ4n) is 3.43. The van der Waals surface area contributed by atoms with Gasteiger partial charge >= 0.3 is 22.4 Å². The highest BCUT2D eigenvalue weighted by atomic mass is 32.5. The molecule has 0 aliphatic carbocycles. The van der Waals surface area contributed by atoms with Gasteiger partial charge in [0.2, 0.25) is 12.2 Å². The largest absolute Gasteiger partial charge is 0.506 e. The zero-order valence-corrected chi connectivity index (χ0v) is 23.5. The summed E-state index contributed by atoms with van der Waals surface area (Å²) in [5.74, 6) is -1.16. The molecule has 0 aromatic carbocycles. The summed E-state index contributed by atoms with van der Waals surface area (Å²) < 4.78 is 42.9. The maximum absolute atomic E-state index is 12.1. The van der Waals surface area contributed by atoms with Gasteiger partial charge in [-0.2, -0.15) is 4.31 Å². The van der Waals surface area contributed by atoms with E-state index in [4.69, 9.17) is 26.0 Å². The fraction of sp³-hybridized carbons (Fsp3) is 0.562. The number of hydrogen-bond donors (Lipinski definition) is 9. The minimum Gasteiger partial charge on any atom is -0.506 e. The van der Waals surface area contributed by atoms with Gasteiger partial charge in [0, 0.05) is 6.54 Å². The van der Waals surface area contributed by atoms with Crippen molar-refractivity contribution >= 4 is 57.1 Å². The molecule has 4 atom stereocenters. The first-order chi connectivity index (χ1) is 18.1. The Hall–Kier alpha value is -1.76. The molecule has 1 aliphatic heterocycles. The number of ether oxygens (including phenoxy) is 1. The van der Waals surface area contributed by atoms with Crippen LogP contribution in [0.1, 0.15) is 31.9 Å². The second-order valence-electron chi connectivity index (χ2n) is 7.99. The topological polar surface area (TPSA) is 300 Å². The van der Waals surface area contributed by atoms with E-state index in [0.29, 0.717) is 13.1 Å². The molecular formula is C16H28N7O12P3S. The van der Waals surface area contributed by atoms with E-state index in [0.717, 1.165) is 32.0 Å². The second-order valence-corrected chi connectivity index (χ2v) is 13.8. The SMILES string of the molecule is NCCCCCCNc1nc2c(N)ncnc2n1[C@@H]1OC(COP(=O)(O)OP(=O)(O)OP(O)(O)=S)=C(O)C1O. The van der Waals surface area contributed by atoms with Crippen LogP contribution in [0, 0.1) is 0 Å². The summed E-state index contributed by atoms with van der Waals surface area (Å²) in [4.78, 5) is 49.4. The molecule has 220 valence electrons. The lowest BCUT2D eigenvalue weighted by atomic mass is 10.2. The van der Waals surface area contributed by atoms with E-state index in [9.17, 15) is 29.1 Å². The van der Waals surface area contributed by atoms with E-state index in [1.165, 1.54) is 4.57 Å². The molecule has 2 aromatic rings. The second kappa shape index (κ2) is 12.8. The number of nitrogens with zero attached hydrogens (tertiary/aromatic N) is 4. The maximum atomic E-state index is 12.1. The van der Waals surface area contributed by atoms with Crippen LogP contribution >= 0.6 is 22.4 Å². The van der Waals surface area contributed by atoms with Crippen LogP contribution in [-0.2, 0) is 38.8 Å². The predicted molar refractivity (Wildman–Crippen MR) is 138 cm³/mol. The molecule has 3 rings (SSSR count). The number of nitrogen functional groups attached to an aromatic ring is 1. The Bertz CT molecular complexity index is 1350. The molecule has 3 heterocycles. The molecule has 19 nitrogen and oxygen atoms in total. The zero-order valence-electron chi connectivity index (χ0n) is 20.0. The van der Waals surface area contributed by atoms with Crippen LogP contribution in [0.15, 0.2) is 17.8 Å². The number of fused-ring (bicyclic) bond motifs is 1. The van der Waals surface area contributed by atoms with Gasteiger partial charge in [-0.05, 0) is 31.2 Å². The highest BCUT2D eigenvalue weighted by molar-refractivity contribution is 8.08. The van der Waals surface area contributed by atoms with Gasteiger partial charge in [0.15, 0.2) is 34.6 Å². The standard InChI is InChI=1S/C16H28N7O12P3S/c17-5-3-1-2-4-6-19-16-22-10-13(18)20-8-21-14(10)23(16)15-12(25)11(24)9(33-15)7-32-36(26,27)34-37(28,29)35-38(30,31)39/h8,12,15,24-25H,1-7,17H2,(H,19,22)(H,26,27)(H,28,29)(H2,18,20,21)(H2,30,31,39)/t12?,15-/m1/s1. The maximum Gasteiger partial charge on any atom is 0.488 e. The van der Waals surface area contributed by atoms with Crippen molar-refractivity contribution in [3.8, 4) is 0 Å². The van der Waals surface area contributed by atoms with Crippen LogP contribution in [0.3, 0.4) is 0 Å². The number of rotatable bonds is 15. The Morgan fingerprint density at radius 2 is 1.79 bits per heavy atom. The monoisotopic (exact) mass is 635 g/mol. The van der Waals surface area contributed by atoms with Crippen LogP contribution in [0.4, 0.5) is 11.8 Å². The number of phosphoric ester groups is 1. The first-order valence-corrected chi connectivity index (χ1v) is 16.7. The van der Waals surface area contributed by atoms with Crippen molar-refractivity contribution in [1.82, 2.24) is 19.5 Å². The van der Waals surface area contributed by atoms with Crippen LogP contribution in [-0.4, -0.2) is 75.1 Å². The third-order valence-electron chi connectivity index (χ3n) is 5.05. The van der Waals surface area contributed by atoms with Gasteiger partial charge in [-0.3, -0.25) is 9.09 Å². The lowest BCUT2D eigenvalue weighted by Gasteiger charge is -2.20. The smallest absolute Gasteiger partial charge is 0.488 e. The Kier molecular flexibility index (Phi) is 10.4. The molecule has 2 aromatic heterocycles. The molecule has 3 unspecified atom stereocenters. The third kappa shape index (κ3) is 8.61. The molecule has 0 amide bonds. The molecule has 11 N–H and O–H groups in total. The van der Waals surface area contributed by atoms with Crippen molar-refractivity contribution in [3.63, 3.8) is 0 Å². The number of aliphatic hydroxyl groups excluding tert-OH is 2. The van der Waals surface area contributed by atoms with E-state index in [1.807, 2.05) is 0 Å². The van der Waals surface area contributed by atoms with Gasteiger partial charge in [0.1, 0.15) is 12.9 Å². The lowest BCUT2D eigenvalue weighted by molar-refractivity contribution is -0.0107. The summed E-state index contributed by atoms with van der Waals surface area (Å²) in [7, 11) is -11.0. The zero-order chi connectivity index (χ0) is 29.0. The van der Waals surface area contributed by atoms with Crippen LogP contribution in [0.5, 0.6) is 0 Å². The Morgan fingerprint density at radius 1 is 1.10 bits per heavy atom. The Morgan fingerprint density at radius 3 is 2.46 bits per heavy atom. The van der Waals surface area contributed by atoms with Gasteiger partial charge < -0.3 is 51.3 Å². The Balaban J connectivity index is 1.76. The Labute approximate surface area is 225 Å². The molecule has 0 fully saturated rings. The number of anilines is 2. The van der Waals surface area contributed by atoms with E-state index in [2.05, 4.69) is 45.2 Å². The molecule has 39 heavy (non-hydrogen) atoms. The summed E-state index contributed by atoms with van der Waals surface area (Å²) in [6.07, 6.45) is 1.46. The van der Waals surface area contributed by atoms with Gasteiger partial charge in [-0.25, -0.2) is 28.4 Å². The summed E-state index contributed by atoms with van der Waals surface area (Å²) in [6.45, 7) is -4.75. The van der Waals surface area contributed by atoms with Crippen LogP contribution in [0.2, 0.25) is 0 Å². The first kappa shape index (κ1) is 31.8. The van der Waals surface area contributed by atoms with E-state index >= 15 is 0 Å². The van der Waals surface area contributed by atoms with Crippen molar-refractivity contribution in [2.45, 2.75) is 38.0 Å². The highest BCUT2D eigenvalue weighted by Crippen LogP contribution is 2.66. The van der Waals surface area contributed by atoms with E-state index in [1.54, 1.807) is 0 Å². The number of aliphatic hydroxyl groups is 2. The molecule has 1 aliphatic rings. The number of imidazole rings is 1. The first-order valence-electron chi connectivity index (χ1n) is 11.1. The summed E-state index contributed by atoms with van der Waals surface area (Å²) in [6, 6.07) is 0. The van der Waals surface area contributed by atoms with Crippen molar-refractivity contribution in [1.29, 1.82) is 0 Å². The van der Waals surface area contributed by atoms with Gasteiger partial charge in [-0.15, -0.1) is 0 Å². The number of nitrogens with two attached hydrogens (primary N) is 2. The van der Waals surface area contributed by atoms with E-state index < -0.39 is 52.8 Å². The molecule has 0 saturated carbocycles. The van der Waals surface area contributed by atoms with Gasteiger partial charge in [0.05, 0.1) is 0 Å². The number of nitrogens with one attached hydrogen (secondary N) is 1. The number of aromatic nitrogens is 4. The van der Waals surface area contributed by atoms with Crippen molar-refractivity contribution in [2.75, 3.05) is 30.7 Å². The van der Waals surface area contributed by atoms with Crippen LogP contribution < -0.4 is 16.8 Å². The summed E-state index contributed by atoms with van der Waals surface area (Å²) in [5.41, 5.74) is 11.7. The van der Waals surface area contributed by atoms with E-state index in [-0.39, 0.29) is 22.9 Å². The third-order valence-corrected chi connectivity index (χ3v) is 9.43. The van der Waals surface area contributed by atoms with Crippen molar-refractivity contribution in [2.24, 2.45) is 5.73 Å². The minimum absolute atomic E-state index is 0.0308. The lowest BCUT2D eigenvalue weighted by Crippen LogP contribution is -2.24. The molecule has 0 bridgehead atoms. The van der Waals surface area contributed by atoms with Crippen LogP contribution in [0.25, 0.3) is 11.2 Å². The van der Waals surface area contributed by atoms with Gasteiger partial charge in [-0.1, -0.05) is 12.8 Å². The average Bonchev–Trinajstić information content (AvgIpc) is 3.30. The molecule has 0 radical (unpaired) electrons. The summed E-state index contributed by atoms with van der Waals surface area (Å²) >= 11 is 4.01. The summed E-state index contributed by atoms with van der Waals surface area (Å²) in [5, 5.41) is 24.2. The molecule has 23 heteroatoms. The number of unbranched alkanes of at least 4 members (excludes halogenated alkanes) is 3. The predicted octanol–water partition coefficient (Wildman–Crippen LogP) is 0.458. The average molecular weight is 635 g/mol. The normalized spacial score (nSPS) is 21.1. The number of phosphoric acid groups is 2. The highest BCUT2D eigenvalue weighted by Gasteiger charge is 2.43. The number of hydrogen-bond acceptors (Lipinski definition) is 15. The molecule has 0 saturated heterocycles. The fourth-order valence-corrected chi connectivity index (χ4v) is 7.16. The van der Waals surface area contributed by atoms with Gasteiger partial charge in [0.25, 0.3) is 0 Å². The quantitative estimate of drug-likeness (QED) is 0.0948. The minimum atomic E-state index is -5.55. The molecular weight excluding hydrogens is 607 g/mol. The molecule has 0 spiro atoms.